The summed E-state index contributed by atoms with van der Waals surface area (Å²) in [7, 11) is 0. The fraction of sp³-hybridized carbons (Fsp3) is 0.182. The lowest BCUT2D eigenvalue weighted by atomic mass is 9.99. The standard InChI is InChI=1S/C22H20ClN3O5/c1-2-31-20(27)12-17(24-21(28)18-11-19(22(29)30)26-25-18)14-8-6-13(7-9-14)15-4-3-5-16(23)10-15/h3-11,17H,2,12H2,1H3,(H,24,28)(H,25,26)(H,29,30). The number of ether oxygens (including phenoxy) is 1. The zero-order chi connectivity index (χ0) is 22.4. The minimum absolute atomic E-state index is 0.0261. The van der Waals surface area contributed by atoms with Crippen LogP contribution in [0.2, 0.25) is 5.02 Å². The van der Waals surface area contributed by atoms with E-state index < -0.39 is 23.9 Å². The maximum atomic E-state index is 12.6. The molecule has 0 aliphatic heterocycles. The first-order chi connectivity index (χ1) is 14.9. The van der Waals surface area contributed by atoms with Crippen molar-refractivity contribution in [3.8, 4) is 11.1 Å². The van der Waals surface area contributed by atoms with Crippen LogP contribution in [0.5, 0.6) is 0 Å². The van der Waals surface area contributed by atoms with Crippen LogP contribution in [0, 0.1) is 0 Å². The van der Waals surface area contributed by atoms with Gasteiger partial charge in [-0.05, 0) is 35.7 Å². The van der Waals surface area contributed by atoms with Gasteiger partial charge in [0.05, 0.1) is 19.1 Å². The van der Waals surface area contributed by atoms with Crippen LogP contribution in [-0.4, -0.2) is 39.8 Å². The summed E-state index contributed by atoms with van der Waals surface area (Å²) in [6, 6.07) is 15.2. The molecular weight excluding hydrogens is 422 g/mol. The van der Waals surface area contributed by atoms with Crippen LogP contribution in [0.15, 0.2) is 54.6 Å². The number of aromatic nitrogens is 2. The highest BCUT2D eigenvalue weighted by Gasteiger charge is 2.22. The van der Waals surface area contributed by atoms with E-state index in [-0.39, 0.29) is 24.4 Å². The lowest BCUT2D eigenvalue weighted by Crippen LogP contribution is -2.31. The molecule has 1 unspecified atom stereocenters. The van der Waals surface area contributed by atoms with Gasteiger partial charge in [0.1, 0.15) is 5.69 Å². The largest absolute Gasteiger partial charge is 0.476 e. The summed E-state index contributed by atoms with van der Waals surface area (Å²) in [5, 5.41) is 18.3. The van der Waals surface area contributed by atoms with E-state index in [1.54, 1.807) is 25.1 Å². The number of halogens is 1. The summed E-state index contributed by atoms with van der Waals surface area (Å²) in [5.74, 6) is -2.31. The summed E-state index contributed by atoms with van der Waals surface area (Å²) in [6.45, 7) is 1.92. The first-order valence-corrected chi connectivity index (χ1v) is 9.86. The molecule has 0 radical (unpaired) electrons. The molecule has 0 aliphatic carbocycles. The highest BCUT2D eigenvalue weighted by molar-refractivity contribution is 6.30. The third-order valence-electron chi connectivity index (χ3n) is 4.49. The quantitative estimate of drug-likeness (QED) is 0.456. The molecule has 160 valence electrons. The normalized spacial score (nSPS) is 11.5. The van der Waals surface area contributed by atoms with Crippen LogP contribution in [-0.2, 0) is 9.53 Å². The third-order valence-corrected chi connectivity index (χ3v) is 4.73. The number of hydrogen-bond donors (Lipinski definition) is 3. The number of hydrogen-bond acceptors (Lipinski definition) is 5. The smallest absolute Gasteiger partial charge is 0.356 e. The predicted octanol–water partition coefficient (Wildman–Crippen LogP) is 3.85. The van der Waals surface area contributed by atoms with E-state index in [4.69, 9.17) is 21.4 Å². The zero-order valence-electron chi connectivity index (χ0n) is 16.6. The molecule has 8 nitrogen and oxygen atoms in total. The van der Waals surface area contributed by atoms with E-state index in [1.165, 1.54) is 0 Å². The second-order valence-electron chi connectivity index (χ2n) is 6.64. The van der Waals surface area contributed by atoms with Gasteiger partial charge >= 0.3 is 11.9 Å². The molecule has 3 rings (SSSR count). The Morgan fingerprint density at radius 2 is 1.87 bits per heavy atom. The Labute approximate surface area is 183 Å². The van der Waals surface area contributed by atoms with Gasteiger partial charge in [0.15, 0.2) is 5.69 Å². The van der Waals surface area contributed by atoms with Crippen LogP contribution < -0.4 is 5.32 Å². The first-order valence-electron chi connectivity index (χ1n) is 9.48. The monoisotopic (exact) mass is 441 g/mol. The fourth-order valence-electron chi connectivity index (χ4n) is 3.00. The average molecular weight is 442 g/mol. The number of H-pyrrole nitrogens is 1. The van der Waals surface area contributed by atoms with E-state index in [0.29, 0.717) is 10.6 Å². The number of carboxylic acids is 1. The molecule has 0 saturated heterocycles. The molecule has 3 aromatic rings. The maximum absolute atomic E-state index is 12.6. The van der Waals surface area contributed by atoms with Crippen molar-refractivity contribution in [3.05, 3.63) is 76.6 Å². The Balaban J connectivity index is 1.83. The molecule has 0 saturated carbocycles. The van der Waals surface area contributed by atoms with Gasteiger partial charge in [-0.25, -0.2) is 4.79 Å². The molecule has 1 heterocycles. The predicted molar refractivity (Wildman–Crippen MR) is 114 cm³/mol. The molecule has 0 fully saturated rings. The van der Waals surface area contributed by atoms with Crippen LogP contribution in [0.3, 0.4) is 0 Å². The van der Waals surface area contributed by atoms with Crippen molar-refractivity contribution in [3.63, 3.8) is 0 Å². The number of carbonyl (C=O) groups excluding carboxylic acids is 2. The van der Waals surface area contributed by atoms with E-state index in [1.807, 2.05) is 30.3 Å². The SMILES string of the molecule is CCOC(=O)CC(NC(=O)c1cc(C(=O)O)n[nH]1)c1ccc(-c2cccc(Cl)c2)cc1. The van der Waals surface area contributed by atoms with Crippen molar-refractivity contribution >= 4 is 29.4 Å². The highest BCUT2D eigenvalue weighted by Crippen LogP contribution is 2.26. The number of amides is 1. The number of esters is 1. The molecule has 0 bridgehead atoms. The van der Waals surface area contributed by atoms with Crippen molar-refractivity contribution in [2.75, 3.05) is 6.61 Å². The number of rotatable bonds is 8. The zero-order valence-corrected chi connectivity index (χ0v) is 17.3. The van der Waals surface area contributed by atoms with Gasteiger partial charge in [-0.3, -0.25) is 14.7 Å². The summed E-state index contributed by atoms with van der Waals surface area (Å²) >= 11 is 6.06. The molecule has 0 aliphatic rings. The van der Waals surface area contributed by atoms with Gasteiger partial charge in [0, 0.05) is 11.1 Å². The summed E-state index contributed by atoms with van der Waals surface area (Å²) in [4.78, 5) is 35.6. The minimum Gasteiger partial charge on any atom is -0.476 e. The van der Waals surface area contributed by atoms with Gasteiger partial charge in [-0.2, -0.15) is 5.10 Å². The number of nitrogens with one attached hydrogen (secondary N) is 2. The van der Waals surface area contributed by atoms with Gasteiger partial charge in [0.25, 0.3) is 5.91 Å². The van der Waals surface area contributed by atoms with Crippen LogP contribution in [0.4, 0.5) is 0 Å². The Bertz CT molecular complexity index is 1090. The molecule has 1 amide bonds. The molecule has 31 heavy (non-hydrogen) atoms. The van der Waals surface area contributed by atoms with Crippen molar-refractivity contribution in [2.24, 2.45) is 0 Å². The fourth-order valence-corrected chi connectivity index (χ4v) is 3.19. The molecule has 2 aromatic carbocycles. The minimum atomic E-state index is -1.25. The number of nitrogens with zero attached hydrogens (tertiary/aromatic N) is 1. The van der Waals surface area contributed by atoms with Crippen molar-refractivity contribution in [2.45, 2.75) is 19.4 Å². The van der Waals surface area contributed by atoms with Gasteiger partial charge in [-0.1, -0.05) is 48.0 Å². The Hall–Kier alpha value is -3.65. The number of carbonyl (C=O) groups is 3. The van der Waals surface area contributed by atoms with E-state index in [0.717, 1.165) is 17.2 Å². The Morgan fingerprint density at radius 3 is 2.48 bits per heavy atom. The molecular formula is C22H20ClN3O5. The van der Waals surface area contributed by atoms with E-state index >= 15 is 0 Å². The molecule has 0 spiro atoms. The summed E-state index contributed by atoms with van der Waals surface area (Å²) in [6.07, 6.45) is -0.0873. The Kier molecular flexibility index (Phi) is 7.04. The number of aromatic amines is 1. The molecule has 1 aromatic heterocycles. The van der Waals surface area contributed by atoms with Crippen molar-refractivity contribution in [1.29, 1.82) is 0 Å². The Morgan fingerprint density at radius 1 is 1.13 bits per heavy atom. The second-order valence-corrected chi connectivity index (χ2v) is 7.08. The lowest BCUT2D eigenvalue weighted by Gasteiger charge is -2.18. The highest BCUT2D eigenvalue weighted by atomic mass is 35.5. The van der Waals surface area contributed by atoms with Gasteiger partial charge in [-0.15, -0.1) is 0 Å². The lowest BCUT2D eigenvalue weighted by molar-refractivity contribution is -0.143. The van der Waals surface area contributed by atoms with Crippen LogP contribution >= 0.6 is 11.6 Å². The number of carboxylic acid groups (broad SMARTS) is 1. The van der Waals surface area contributed by atoms with Gasteiger partial charge in [0.2, 0.25) is 0 Å². The van der Waals surface area contributed by atoms with E-state index in [2.05, 4.69) is 15.5 Å². The van der Waals surface area contributed by atoms with E-state index in [9.17, 15) is 14.4 Å². The van der Waals surface area contributed by atoms with Crippen LogP contribution in [0.25, 0.3) is 11.1 Å². The first kappa shape index (κ1) is 22.0. The number of aromatic carboxylic acids is 1. The molecule has 9 heteroatoms. The number of benzene rings is 2. The molecule has 3 N–H and O–H groups in total. The summed E-state index contributed by atoms with van der Waals surface area (Å²) in [5.41, 5.74) is 2.24. The van der Waals surface area contributed by atoms with Crippen molar-refractivity contribution < 1.29 is 24.2 Å². The van der Waals surface area contributed by atoms with Crippen LogP contribution in [0.1, 0.15) is 45.9 Å². The van der Waals surface area contributed by atoms with Crippen molar-refractivity contribution in [1.82, 2.24) is 15.5 Å². The third kappa shape index (κ3) is 5.70. The molecule has 1 atom stereocenters. The second kappa shape index (κ2) is 9.90. The van der Waals surface area contributed by atoms with Gasteiger partial charge < -0.3 is 15.2 Å². The average Bonchev–Trinajstić information content (AvgIpc) is 3.24. The maximum Gasteiger partial charge on any atom is 0.356 e. The topological polar surface area (TPSA) is 121 Å². The summed E-state index contributed by atoms with van der Waals surface area (Å²) < 4.78 is 5.02.